The van der Waals surface area contributed by atoms with Gasteiger partial charge in [0, 0.05) is 24.9 Å². The van der Waals surface area contributed by atoms with Crippen molar-refractivity contribution in [3.05, 3.63) is 29.7 Å². The number of aromatic nitrogens is 2. The van der Waals surface area contributed by atoms with Crippen LogP contribution < -0.4 is 5.32 Å². The summed E-state index contributed by atoms with van der Waals surface area (Å²) < 4.78 is 13.3. The maximum Gasteiger partial charge on any atom is 0.325 e. The summed E-state index contributed by atoms with van der Waals surface area (Å²) in [5.74, 6) is -0.489. The molecule has 0 bridgehead atoms. The number of nitrogens with zero attached hydrogens (tertiary/aromatic N) is 2. The first-order chi connectivity index (χ1) is 11.2. The maximum atomic E-state index is 13.3. The SMILES string of the molecule is CCCCC(=O)ON1CCNC(c2n[nH]c3cc(F)ccc23)C1.Cl. The highest BCUT2D eigenvalue weighted by molar-refractivity contribution is 5.85. The van der Waals surface area contributed by atoms with E-state index in [-0.39, 0.29) is 30.2 Å². The predicted octanol–water partition coefficient (Wildman–Crippen LogP) is 2.72. The molecule has 0 aliphatic carbocycles. The third-order valence-electron chi connectivity index (χ3n) is 3.99. The number of hydrogen-bond acceptors (Lipinski definition) is 5. The monoisotopic (exact) mass is 356 g/mol. The first-order valence-electron chi connectivity index (χ1n) is 8.00. The van der Waals surface area contributed by atoms with Crippen LogP contribution in [0, 0.1) is 5.82 Å². The van der Waals surface area contributed by atoms with Crippen molar-refractivity contribution in [1.82, 2.24) is 20.6 Å². The summed E-state index contributed by atoms with van der Waals surface area (Å²) in [5.41, 5.74) is 1.48. The molecule has 1 aliphatic heterocycles. The molecule has 1 unspecified atom stereocenters. The van der Waals surface area contributed by atoms with Crippen molar-refractivity contribution < 1.29 is 14.0 Å². The van der Waals surface area contributed by atoms with Crippen molar-refractivity contribution in [1.29, 1.82) is 0 Å². The Morgan fingerprint density at radius 1 is 1.50 bits per heavy atom. The minimum absolute atomic E-state index is 0. The number of fused-ring (bicyclic) bond motifs is 1. The van der Waals surface area contributed by atoms with E-state index in [4.69, 9.17) is 4.84 Å². The summed E-state index contributed by atoms with van der Waals surface area (Å²) in [6, 6.07) is 4.50. The van der Waals surface area contributed by atoms with Gasteiger partial charge in [0.1, 0.15) is 5.82 Å². The zero-order chi connectivity index (χ0) is 16.2. The molecule has 2 aromatic rings. The van der Waals surface area contributed by atoms with E-state index in [1.54, 1.807) is 11.1 Å². The van der Waals surface area contributed by atoms with Crippen LogP contribution in [-0.2, 0) is 9.63 Å². The number of nitrogens with one attached hydrogen (secondary N) is 2. The number of hydrogen-bond donors (Lipinski definition) is 2. The number of rotatable bonds is 5. The van der Waals surface area contributed by atoms with E-state index >= 15 is 0 Å². The van der Waals surface area contributed by atoms with Crippen molar-refractivity contribution in [3.63, 3.8) is 0 Å². The van der Waals surface area contributed by atoms with Gasteiger partial charge in [-0.2, -0.15) is 5.10 Å². The minimum Gasteiger partial charge on any atom is -0.368 e. The van der Waals surface area contributed by atoms with Gasteiger partial charge in [0.2, 0.25) is 0 Å². The van der Waals surface area contributed by atoms with Gasteiger partial charge in [0.15, 0.2) is 0 Å². The second-order valence-electron chi connectivity index (χ2n) is 5.76. The van der Waals surface area contributed by atoms with Gasteiger partial charge >= 0.3 is 5.97 Å². The second kappa shape index (κ2) is 8.41. The summed E-state index contributed by atoms with van der Waals surface area (Å²) in [5, 5.41) is 13.1. The van der Waals surface area contributed by atoms with Crippen LogP contribution in [0.3, 0.4) is 0 Å². The van der Waals surface area contributed by atoms with Crippen LogP contribution in [0.2, 0.25) is 0 Å². The zero-order valence-electron chi connectivity index (χ0n) is 13.5. The van der Waals surface area contributed by atoms with Crippen LogP contribution >= 0.6 is 12.4 Å². The lowest BCUT2D eigenvalue weighted by Gasteiger charge is -2.31. The lowest BCUT2D eigenvalue weighted by Crippen LogP contribution is -2.46. The number of benzene rings is 1. The Kier molecular flexibility index (Phi) is 6.53. The largest absolute Gasteiger partial charge is 0.368 e. The molecule has 1 atom stereocenters. The summed E-state index contributed by atoms with van der Waals surface area (Å²) in [6.07, 6.45) is 2.24. The highest BCUT2D eigenvalue weighted by Gasteiger charge is 2.26. The fraction of sp³-hybridized carbons (Fsp3) is 0.500. The van der Waals surface area contributed by atoms with Crippen molar-refractivity contribution in [3.8, 4) is 0 Å². The van der Waals surface area contributed by atoms with Crippen molar-refractivity contribution in [2.75, 3.05) is 19.6 Å². The molecule has 1 aromatic carbocycles. The molecule has 0 amide bonds. The average Bonchev–Trinajstić information content (AvgIpc) is 2.96. The van der Waals surface area contributed by atoms with Gasteiger partial charge in [-0.15, -0.1) is 17.5 Å². The van der Waals surface area contributed by atoms with E-state index < -0.39 is 0 Å². The van der Waals surface area contributed by atoms with E-state index in [1.807, 2.05) is 6.92 Å². The molecule has 1 fully saturated rings. The van der Waals surface area contributed by atoms with Gasteiger partial charge in [-0.1, -0.05) is 13.3 Å². The van der Waals surface area contributed by atoms with Gasteiger partial charge < -0.3 is 10.2 Å². The predicted molar refractivity (Wildman–Crippen MR) is 91.2 cm³/mol. The molecule has 1 aliphatic rings. The number of unbranched alkanes of at least 4 members (excludes halogenated alkanes) is 1. The van der Waals surface area contributed by atoms with Crippen molar-refractivity contribution in [2.45, 2.75) is 32.2 Å². The van der Waals surface area contributed by atoms with Crippen LogP contribution in [0.1, 0.15) is 37.9 Å². The molecule has 1 aromatic heterocycles. The molecule has 3 rings (SSSR count). The van der Waals surface area contributed by atoms with Gasteiger partial charge in [-0.05, 0) is 24.6 Å². The molecule has 0 radical (unpaired) electrons. The van der Waals surface area contributed by atoms with Crippen LogP contribution in [0.15, 0.2) is 18.2 Å². The van der Waals surface area contributed by atoms with Crippen LogP contribution in [-0.4, -0.2) is 40.9 Å². The standard InChI is InChI=1S/C16H21FN4O2.ClH/c1-2-3-4-15(22)23-21-8-7-18-14(10-21)16-12-6-5-11(17)9-13(12)19-20-16;/h5-6,9,14,18H,2-4,7-8,10H2,1H3,(H,19,20);1H. The van der Waals surface area contributed by atoms with E-state index in [1.165, 1.54) is 12.1 Å². The highest BCUT2D eigenvalue weighted by Crippen LogP contribution is 2.24. The molecule has 1 saturated heterocycles. The third-order valence-corrected chi connectivity index (χ3v) is 3.99. The van der Waals surface area contributed by atoms with Crippen molar-refractivity contribution >= 4 is 29.3 Å². The Bertz CT molecular complexity index is 694. The molecule has 132 valence electrons. The Morgan fingerprint density at radius 3 is 3.12 bits per heavy atom. The molecular weight excluding hydrogens is 335 g/mol. The van der Waals surface area contributed by atoms with Crippen LogP contribution in [0.5, 0.6) is 0 Å². The van der Waals surface area contributed by atoms with E-state index in [0.717, 1.165) is 23.9 Å². The maximum absolute atomic E-state index is 13.3. The highest BCUT2D eigenvalue weighted by atomic mass is 35.5. The Balaban J connectivity index is 0.00000208. The topological polar surface area (TPSA) is 70.2 Å². The minimum atomic E-state index is -0.296. The van der Waals surface area contributed by atoms with E-state index in [0.29, 0.717) is 31.6 Å². The molecule has 24 heavy (non-hydrogen) atoms. The van der Waals surface area contributed by atoms with Crippen LogP contribution in [0.25, 0.3) is 10.9 Å². The van der Waals surface area contributed by atoms with Crippen LogP contribution in [0.4, 0.5) is 4.39 Å². The first-order valence-corrected chi connectivity index (χ1v) is 8.00. The molecule has 0 saturated carbocycles. The normalized spacial score (nSPS) is 18.3. The third kappa shape index (κ3) is 4.23. The Labute approximate surface area is 146 Å². The smallest absolute Gasteiger partial charge is 0.325 e. The fourth-order valence-electron chi connectivity index (χ4n) is 2.78. The number of carbonyl (C=O) groups excluding carboxylic acids is 1. The number of hydroxylamine groups is 2. The van der Waals surface area contributed by atoms with Gasteiger partial charge in [0.25, 0.3) is 0 Å². The Hall–Kier alpha value is -1.70. The molecule has 8 heteroatoms. The number of H-pyrrole nitrogens is 1. The van der Waals surface area contributed by atoms with Gasteiger partial charge in [-0.3, -0.25) is 9.89 Å². The Morgan fingerprint density at radius 2 is 2.33 bits per heavy atom. The summed E-state index contributed by atoms with van der Waals surface area (Å²) in [7, 11) is 0. The first kappa shape index (κ1) is 18.6. The lowest BCUT2D eigenvalue weighted by atomic mass is 10.1. The summed E-state index contributed by atoms with van der Waals surface area (Å²) >= 11 is 0. The fourth-order valence-corrected chi connectivity index (χ4v) is 2.78. The van der Waals surface area contributed by atoms with Crippen molar-refractivity contribution in [2.24, 2.45) is 0 Å². The lowest BCUT2D eigenvalue weighted by molar-refractivity contribution is -0.196. The van der Waals surface area contributed by atoms with Gasteiger partial charge in [-0.25, -0.2) is 4.39 Å². The number of carbonyl (C=O) groups is 1. The molecule has 2 heterocycles. The summed E-state index contributed by atoms with van der Waals surface area (Å²) in [4.78, 5) is 17.2. The molecule has 2 N–H and O–H groups in total. The molecule has 6 nitrogen and oxygen atoms in total. The quantitative estimate of drug-likeness (QED) is 0.862. The zero-order valence-corrected chi connectivity index (χ0v) is 14.4. The second-order valence-corrected chi connectivity index (χ2v) is 5.76. The molecule has 0 spiro atoms. The summed E-state index contributed by atoms with van der Waals surface area (Å²) in [6.45, 7) is 3.90. The average molecular weight is 357 g/mol. The van der Waals surface area contributed by atoms with Gasteiger partial charge in [0.05, 0.1) is 23.8 Å². The molecular formula is C16H22ClFN4O2. The van der Waals surface area contributed by atoms with E-state index in [2.05, 4.69) is 15.5 Å². The van der Waals surface area contributed by atoms with E-state index in [9.17, 15) is 9.18 Å². The number of piperazine rings is 1. The number of halogens is 2. The number of aromatic amines is 1.